The fraction of sp³-hybridized carbons (Fsp3) is 0.600. The van der Waals surface area contributed by atoms with E-state index < -0.39 is 0 Å². The summed E-state index contributed by atoms with van der Waals surface area (Å²) in [5.74, 6) is -0.238. The van der Waals surface area contributed by atoms with Gasteiger partial charge in [0, 0.05) is 18.2 Å². The van der Waals surface area contributed by atoms with Gasteiger partial charge in [-0.3, -0.25) is 10.2 Å². The highest BCUT2D eigenvalue weighted by Crippen LogP contribution is 2.18. The molecule has 0 radical (unpaired) electrons. The first-order valence-electron chi connectivity index (χ1n) is 4.71. The molecule has 0 saturated heterocycles. The number of hydrogen-bond donors (Lipinski definition) is 2. The van der Waals surface area contributed by atoms with E-state index in [1.165, 1.54) is 6.92 Å². The van der Waals surface area contributed by atoms with Crippen molar-refractivity contribution in [3.05, 3.63) is 11.3 Å². The lowest BCUT2D eigenvalue weighted by atomic mass is 10.00. The predicted octanol–water partition coefficient (Wildman–Crippen LogP) is 1.01. The van der Waals surface area contributed by atoms with E-state index in [1.54, 1.807) is 0 Å². The monoisotopic (exact) mass is 196 g/mol. The van der Waals surface area contributed by atoms with Crippen LogP contribution >= 0.6 is 0 Å². The zero-order valence-corrected chi connectivity index (χ0v) is 8.59. The summed E-state index contributed by atoms with van der Waals surface area (Å²) < 4.78 is 5.38. The largest absolute Gasteiger partial charge is 0.400 e. The highest BCUT2D eigenvalue weighted by molar-refractivity contribution is 6.44. The first-order chi connectivity index (χ1) is 6.52. The van der Waals surface area contributed by atoms with E-state index in [1.807, 2.05) is 6.92 Å². The Morgan fingerprint density at radius 3 is 2.86 bits per heavy atom. The number of carbonyl (C=O) groups is 1. The summed E-state index contributed by atoms with van der Waals surface area (Å²) in [6.07, 6.45) is 1.61. The Morgan fingerprint density at radius 1 is 1.64 bits per heavy atom. The summed E-state index contributed by atoms with van der Waals surface area (Å²) in [6, 6.07) is 0. The van der Waals surface area contributed by atoms with Crippen LogP contribution in [0.4, 0.5) is 0 Å². The molecule has 78 valence electrons. The molecule has 0 aromatic carbocycles. The topological polar surface area (TPSA) is 76.2 Å². The molecule has 3 N–H and O–H groups in total. The first-order valence-corrected chi connectivity index (χ1v) is 4.71. The fourth-order valence-corrected chi connectivity index (χ4v) is 1.41. The second kappa shape index (κ2) is 4.37. The molecular formula is C10H16N2O2. The molecule has 1 atom stereocenters. The van der Waals surface area contributed by atoms with Crippen molar-refractivity contribution in [2.45, 2.75) is 32.8 Å². The molecule has 1 heterocycles. The Kier molecular flexibility index (Phi) is 3.41. The molecule has 0 aromatic rings. The van der Waals surface area contributed by atoms with Gasteiger partial charge in [-0.1, -0.05) is 0 Å². The van der Waals surface area contributed by atoms with E-state index in [2.05, 4.69) is 0 Å². The average Bonchev–Trinajstić information content (AvgIpc) is 2.28. The van der Waals surface area contributed by atoms with Crippen molar-refractivity contribution >= 4 is 11.5 Å². The summed E-state index contributed by atoms with van der Waals surface area (Å²) in [5.41, 5.74) is 6.95. The van der Waals surface area contributed by atoms with E-state index in [-0.39, 0.29) is 17.6 Å². The number of hydrogen-bond acceptors (Lipinski definition) is 4. The summed E-state index contributed by atoms with van der Waals surface area (Å²) in [6.45, 7) is 3.68. The number of Topliss-reactive ketones (excluding diaryl/α,β-unsaturated/α-hetero) is 1. The van der Waals surface area contributed by atoms with E-state index >= 15 is 0 Å². The van der Waals surface area contributed by atoms with Gasteiger partial charge in [-0.05, 0) is 19.8 Å². The van der Waals surface area contributed by atoms with Gasteiger partial charge >= 0.3 is 0 Å². The van der Waals surface area contributed by atoms with Crippen LogP contribution in [0.2, 0.25) is 0 Å². The number of ether oxygens (including phenoxy) is 1. The van der Waals surface area contributed by atoms with Crippen LogP contribution in [-0.2, 0) is 9.53 Å². The van der Waals surface area contributed by atoms with E-state index in [0.717, 1.165) is 6.42 Å². The maximum absolute atomic E-state index is 11.0. The van der Waals surface area contributed by atoms with Crippen LogP contribution in [0.25, 0.3) is 0 Å². The standard InChI is InChI=1S/C10H16N2O2/c1-6-3-4-8(9(11)5-14-6)10(12)7(2)13/h6,12H,3-5,11H2,1-2H3. The van der Waals surface area contributed by atoms with Gasteiger partial charge in [0.15, 0.2) is 5.78 Å². The van der Waals surface area contributed by atoms with Crippen LogP contribution in [-0.4, -0.2) is 24.2 Å². The lowest BCUT2D eigenvalue weighted by Gasteiger charge is -2.06. The molecule has 0 aromatic heterocycles. The molecule has 0 aliphatic carbocycles. The van der Waals surface area contributed by atoms with Crippen LogP contribution in [0.15, 0.2) is 11.3 Å². The molecule has 1 rings (SSSR count). The van der Waals surface area contributed by atoms with Gasteiger partial charge in [-0.2, -0.15) is 0 Å². The van der Waals surface area contributed by atoms with Gasteiger partial charge in [0.25, 0.3) is 0 Å². The van der Waals surface area contributed by atoms with Crippen molar-refractivity contribution in [3.8, 4) is 0 Å². The normalized spacial score (nSPS) is 23.1. The van der Waals surface area contributed by atoms with Crippen molar-refractivity contribution in [1.82, 2.24) is 0 Å². The number of nitrogens with two attached hydrogens (primary N) is 1. The Morgan fingerprint density at radius 2 is 2.29 bits per heavy atom. The Hall–Kier alpha value is -1.16. The highest BCUT2D eigenvalue weighted by Gasteiger charge is 2.19. The van der Waals surface area contributed by atoms with Crippen molar-refractivity contribution in [2.75, 3.05) is 6.61 Å². The van der Waals surface area contributed by atoms with Crippen molar-refractivity contribution in [3.63, 3.8) is 0 Å². The fourth-order valence-electron chi connectivity index (χ4n) is 1.41. The second-order valence-corrected chi connectivity index (χ2v) is 3.60. The Labute approximate surface area is 83.6 Å². The van der Waals surface area contributed by atoms with Gasteiger partial charge in [0.2, 0.25) is 0 Å². The molecule has 0 saturated carbocycles. The molecule has 0 spiro atoms. The van der Waals surface area contributed by atoms with Crippen LogP contribution in [0, 0.1) is 5.41 Å². The molecular weight excluding hydrogens is 180 g/mol. The third-order valence-electron chi connectivity index (χ3n) is 2.37. The highest BCUT2D eigenvalue weighted by atomic mass is 16.5. The maximum atomic E-state index is 11.0. The smallest absolute Gasteiger partial charge is 0.177 e. The molecule has 0 bridgehead atoms. The number of carbonyl (C=O) groups excluding carboxylic acids is 1. The van der Waals surface area contributed by atoms with Gasteiger partial charge in [0.1, 0.15) is 5.71 Å². The first kappa shape index (κ1) is 10.9. The Bertz CT molecular complexity index is 294. The minimum atomic E-state index is -0.238. The molecule has 14 heavy (non-hydrogen) atoms. The average molecular weight is 196 g/mol. The van der Waals surface area contributed by atoms with E-state index in [9.17, 15) is 4.79 Å². The summed E-state index contributed by atoms with van der Waals surface area (Å²) in [5, 5.41) is 7.59. The van der Waals surface area contributed by atoms with Crippen LogP contribution in [0.3, 0.4) is 0 Å². The summed E-state index contributed by atoms with van der Waals surface area (Å²) in [7, 11) is 0. The number of rotatable bonds is 2. The molecule has 0 amide bonds. The third-order valence-corrected chi connectivity index (χ3v) is 2.37. The molecule has 0 fully saturated rings. The predicted molar refractivity (Wildman–Crippen MR) is 54.3 cm³/mol. The summed E-state index contributed by atoms with van der Waals surface area (Å²) in [4.78, 5) is 11.0. The minimum absolute atomic E-state index is 0.0280. The lowest BCUT2D eigenvalue weighted by molar-refractivity contribution is -0.111. The zero-order valence-electron chi connectivity index (χ0n) is 8.59. The van der Waals surface area contributed by atoms with E-state index in [0.29, 0.717) is 24.3 Å². The van der Waals surface area contributed by atoms with Crippen molar-refractivity contribution in [1.29, 1.82) is 5.41 Å². The van der Waals surface area contributed by atoms with Crippen molar-refractivity contribution < 1.29 is 9.53 Å². The minimum Gasteiger partial charge on any atom is -0.400 e. The SMILES string of the molecule is CC(=O)C(=N)C1=C(N)COC(C)CC1. The molecule has 4 nitrogen and oxygen atoms in total. The number of ketones is 1. The maximum Gasteiger partial charge on any atom is 0.177 e. The van der Waals surface area contributed by atoms with Crippen LogP contribution in [0.1, 0.15) is 26.7 Å². The quantitative estimate of drug-likeness (QED) is 0.647. The number of nitrogens with one attached hydrogen (secondary N) is 1. The molecule has 1 unspecified atom stereocenters. The summed E-state index contributed by atoms with van der Waals surface area (Å²) >= 11 is 0. The van der Waals surface area contributed by atoms with Gasteiger partial charge in [-0.15, -0.1) is 0 Å². The lowest BCUT2D eigenvalue weighted by Crippen LogP contribution is -2.18. The zero-order chi connectivity index (χ0) is 10.7. The van der Waals surface area contributed by atoms with Crippen molar-refractivity contribution in [2.24, 2.45) is 5.73 Å². The van der Waals surface area contributed by atoms with E-state index in [4.69, 9.17) is 15.9 Å². The number of allylic oxidation sites excluding steroid dienone is 1. The van der Waals surface area contributed by atoms with Gasteiger partial charge < -0.3 is 10.5 Å². The molecule has 1 aliphatic rings. The molecule has 1 aliphatic heterocycles. The Balaban J connectivity index is 2.84. The van der Waals surface area contributed by atoms with Gasteiger partial charge in [-0.25, -0.2) is 0 Å². The van der Waals surface area contributed by atoms with Gasteiger partial charge in [0.05, 0.1) is 12.7 Å². The van der Waals surface area contributed by atoms with Crippen LogP contribution in [0.5, 0.6) is 0 Å². The van der Waals surface area contributed by atoms with Crippen LogP contribution < -0.4 is 5.73 Å². The molecule has 4 heteroatoms. The third kappa shape index (κ3) is 2.42. The second-order valence-electron chi connectivity index (χ2n) is 3.60.